The van der Waals surface area contributed by atoms with Crippen molar-refractivity contribution in [2.75, 3.05) is 39.6 Å². The molecule has 0 spiro atoms. The lowest BCUT2D eigenvalue weighted by atomic mass is 9.55. The first-order valence-electron chi connectivity index (χ1n) is 21.1. The first kappa shape index (κ1) is 45.6. The molecule has 62 heavy (non-hydrogen) atoms. The summed E-state index contributed by atoms with van der Waals surface area (Å²) in [7, 11) is 0. The van der Waals surface area contributed by atoms with Gasteiger partial charge in [-0.25, -0.2) is 14.3 Å². The van der Waals surface area contributed by atoms with Gasteiger partial charge in [0.1, 0.15) is 30.8 Å². The Balaban J connectivity index is 1.62. The lowest BCUT2D eigenvalue weighted by molar-refractivity contribution is -0.384. The molecule has 6 unspecified atom stereocenters. The predicted octanol–water partition coefficient (Wildman–Crippen LogP) is 6.81. The Morgan fingerprint density at radius 2 is 1.71 bits per heavy atom. The van der Waals surface area contributed by atoms with Gasteiger partial charge in [-0.1, -0.05) is 48.0 Å². The third kappa shape index (κ3) is 9.59. The fraction of sp³-hybridized carbons (Fsp3) is 0.489. The Labute approximate surface area is 360 Å². The van der Waals surface area contributed by atoms with Crippen molar-refractivity contribution in [1.29, 1.82) is 0 Å². The zero-order valence-corrected chi connectivity index (χ0v) is 35.2. The molecule has 1 aliphatic heterocycles. The second-order valence-corrected chi connectivity index (χ2v) is 15.2. The van der Waals surface area contributed by atoms with Crippen LogP contribution in [0.4, 0.5) is 5.69 Å². The van der Waals surface area contributed by atoms with Gasteiger partial charge in [0.2, 0.25) is 11.5 Å². The number of nitrogens with zero attached hydrogens (tertiary/aromatic N) is 5. The van der Waals surface area contributed by atoms with E-state index in [-0.39, 0.29) is 87.5 Å². The fourth-order valence-corrected chi connectivity index (χ4v) is 8.96. The molecule has 2 heterocycles. The quantitative estimate of drug-likeness (QED) is 0.0329. The monoisotopic (exact) mass is 857 g/mol. The minimum atomic E-state index is -1.65. The van der Waals surface area contributed by atoms with Gasteiger partial charge in [-0.15, -0.1) is 11.7 Å². The van der Waals surface area contributed by atoms with Gasteiger partial charge in [-0.2, -0.15) is 0 Å². The number of allylic oxidation sites excluding steroid dienone is 1. The first-order valence-corrected chi connectivity index (χ1v) is 21.1. The van der Waals surface area contributed by atoms with Crippen LogP contribution in [0.1, 0.15) is 103 Å². The van der Waals surface area contributed by atoms with E-state index in [1.807, 2.05) is 12.1 Å². The summed E-state index contributed by atoms with van der Waals surface area (Å²) >= 11 is 0. The number of hydrogen-bond donors (Lipinski definition) is 2. The number of oxime groups is 1. The second kappa shape index (κ2) is 21.3. The highest BCUT2D eigenvalue weighted by Crippen LogP contribution is 2.63. The van der Waals surface area contributed by atoms with Crippen molar-refractivity contribution in [2.45, 2.75) is 83.1 Å². The Hall–Kier alpha value is -5.91. The molecule has 1 saturated carbocycles. The summed E-state index contributed by atoms with van der Waals surface area (Å²) in [6.07, 6.45) is 9.56. The van der Waals surface area contributed by atoms with Crippen LogP contribution in [0.2, 0.25) is 0 Å². The number of non-ortho nitro benzene ring substituents is 1. The molecule has 17 nitrogen and oxygen atoms in total. The molecule has 3 aliphatic rings. The lowest BCUT2D eigenvalue weighted by Crippen LogP contribution is -2.63. The van der Waals surface area contributed by atoms with E-state index in [1.54, 1.807) is 44.2 Å². The molecular weight excluding hydrogens is 803 g/mol. The first-order chi connectivity index (χ1) is 30.2. The van der Waals surface area contributed by atoms with Crippen LogP contribution >= 0.6 is 0 Å². The summed E-state index contributed by atoms with van der Waals surface area (Å²) in [6, 6.07) is 10.5. The number of aromatic nitrogens is 3. The van der Waals surface area contributed by atoms with Crippen molar-refractivity contribution in [3.63, 3.8) is 0 Å². The van der Waals surface area contributed by atoms with E-state index in [0.29, 0.717) is 42.0 Å². The number of unbranched alkanes of at least 4 members (excludes halogenated alkanes) is 2. The van der Waals surface area contributed by atoms with Gasteiger partial charge in [0, 0.05) is 43.2 Å². The van der Waals surface area contributed by atoms with Crippen LogP contribution in [0.25, 0.3) is 0 Å². The van der Waals surface area contributed by atoms with Gasteiger partial charge in [-0.3, -0.25) is 10.1 Å². The van der Waals surface area contributed by atoms with Crippen LogP contribution in [0.5, 0.6) is 11.5 Å². The van der Waals surface area contributed by atoms with E-state index in [9.17, 15) is 29.9 Å². The summed E-state index contributed by atoms with van der Waals surface area (Å²) in [5, 5.41) is 44.5. The molecule has 6 rings (SSSR count). The van der Waals surface area contributed by atoms with E-state index in [0.717, 1.165) is 30.4 Å². The molecule has 2 aliphatic carbocycles. The lowest BCUT2D eigenvalue weighted by Gasteiger charge is -2.58. The molecule has 2 N–H and O–H groups in total. The molecule has 3 aromatic rings. The maximum absolute atomic E-state index is 13.9. The van der Waals surface area contributed by atoms with Crippen LogP contribution in [-0.2, 0) is 25.7 Å². The number of aliphatic hydroxyl groups excluding tert-OH is 2. The molecule has 1 aromatic heterocycles. The minimum absolute atomic E-state index is 0.00110. The third-order valence-corrected chi connectivity index (χ3v) is 11.5. The summed E-state index contributed by atoms with van der Waals surface area (Å²) in [4.78, 5) is 44.3. The molecule has 0 bridgehead atoms. The van der Waals surface area contributed by atoms with Gasteiger partial charge in [0.25, 0.3) is 5.69 Å². The molecule has 332 valence electrons. The fourth-order valence-electron chi connectivity index (χ4n) is 8.96. The number of benzene rings is 2. The van der Waals surface area contributed by atoms with Crippen LogP contribution in [0, 0.1) is 27.9 Å². The van der Waals surface area contributed by atoms with Crippen molar-refractivity contribution in [3.05, 3.63) is 112 Å². The molecule has 17 heteroatoms. The minimum Gasteiger partial charge on any atom is -0.490 e. The number of esters is 2. The van der Waals surface area contributed by atoms with Gasteiger partial charge < -0.3 is 38.7 Å². The standard InChI is InChI=1S/C45H55N5O12/c1-5-23-59-32-19-20-37-35(26-32)39-33(14-10-12-22-52)30(13-9-11-21-51)25-34-36(47-61-28-29-15-17-31(18-16-29)50(55)56)27-38(45(62-37,40(34)39)60-24-6-2)49-42(44(54)58-8-4)41(46-48-49)43(53)57-7-3/h5-6,15-20,25-26,30,33,38-40,51-52H,1-2,7-14,21-24,27-28H2,3-4H3. The molecule has 6 atom stereocenters. The average Bonchev–Trinajstić information content (AvgIpc) is 3.72. The average molecular weight is 858 g/mol. The predicted molar refractivity (Wildman–Crippen MR) is 226 cm³/mol. The highest BCUT2D eigenvalue weighted by atomic mass is 16.7. The summed E-state index contributed by atoms with van der Waals surface area (Å²) in [5.74, 6) is -3.39. The Kier molecular flexibility index (Phi) is 15.6. The Morgan fingerprint density at radius 3 is 2.39 bits per heavy atom. The topological polar surface area (TPSA) is 216 Å². The van der Waals surface area contributed by atoms with Crippen LogP contribution in [-0.4, -0.2) is 93.2 Å². The number of fused-ring (bicyclic) bond motifs is 2. The Morgan fingerprint density at radius 1 is 1.00 bits per heavy atom. The number of nitro groups is 1. The normalized spacial score (nSPS) is 22.9. The van der Waals surface area contributed by atoms with E-state index < -0.39 is 34.6 Å². The summed E-state index contributed by atoms with van der Waals surface area (Å²) in [5.41, 5.74) is 2.09. The number of hydrogen-bond acceptors (Lipinski definition) is 15. The zero-order chi connectivity index (χ0) is 44.2. The van der Waals surface area contributed by atoms with Crippen molar-refractivity contribution in [2.24, 2.45) is 22.9 Å². The van der Waals surface area contributed by atoms with E-state index in [1.165, 1.54) is 16.8 Å². The van der Waals surface area contributed by atoms with Crippen LogP contribution in [0.15, 0.2) is 84.6 Å². The smallest absolute Gasteiger partial charge is 0.361 e. The highest BCUT2D eigenvalue weighted by Gasteiger charge is 2.65. The summed E-state index contributed by atoms with van der Waals surface area (Å²) in [6.45, 7) is 11.4. The number of carbonyl (C=O) groups is 2. The molecule has 0 saturated heterocycles. The zero-order valence-electron chi connectivity index (χ0n) is 35.2. The van der Waals surface area contributed by atoms with Crippen LogP contribution in [0.3, 0.4) is 0 Å². The third-order valence-electron chi connectivity index (χ3n) is 11.5. The molecule has 0 radical (unpaired) electrons. The van der Waals surface area contributed by atoms with Gasteiger partial charge >= 0.3 is 11.9 Å². The number of nitro benzene ring substituents is 1. The summed E-state index contributed by atoms with van der Waals surface area (Å²) < 4.78 is 32.3. The molecular formula is C45H55N5O12. The van der Waals surface area contributed by atoms with E-state index >= 15 is 0 Å². The second-order valence-electron chi connectivity index (χ2n) is 15.2. The molecule has 0 amide bonds. The van der Waals surface area contributed by atoms with Gasteiger partial charge in [-0.05, 0) is 92.8 Å². The van der Waals surface area contributed by atoms with E-state index in [2.05, 4.69) is 29.5 Å². The Bertz CT molecular complexity index is 2130. The van der Waals surface area contributed by atoms with Crippen LogP contribution < -0.4 is 9.47 Å². The molecule has 1 fully saturated rings. The SMILES string of the molecule is C=CCOc1ccc2c(c1)C1C(CCCCO)C(CCCCO)C=C3C(=NOCc4ccc([N+](=O)[O-])cc4)CC(n4nnc(C(=O)OCC)c4C(=O)OCC)C(OCC=C)(O2)C31. The maximum atomic E-state index is 13.9. The number of aliphatic hydroxyl groups is 2. The van der Waals surface area contributed by atoms with Crippen molar-refractivity contribution in [1.82, 2.24) is 15.0 Å². The number of ether oxygens (including phenoxy) is 5. The largest absolute Gasteiger partial charge is 0.490 e. The van der Waals surface area contributed by atoms with Gasteiger partial charge in [0.15, 0.2) is 5.69 Å². The number of carbonyl (C=O) groups excluding carboxylic acids is 2. The molecule has 2 aromatic carbocycles. The number of rotatable bonds is 23. The maximum Gasteiger partial charge on any atom is 0.361 e. The van der Waals surface area contributed by atoms with Gasteiger partial charge in [0.05, 0.1) is 36.4 Å². The van der Waals surface area contributed by atoms with E-state index in [4.69, 9.17) is 33.7 Å². The van der Waals surface area contributed by atoms with Crippen molar-refractivity contribution < 1.29 is 53.2 Å². The van der Waals surface area contributed by atoms with Crippen molar-refractivity contribution in [3.8, 4) is 11.5 Å². The highest BCUT2D eigenvalue weighted by molar-refractivity contribution is 6.03. The van der Waals surface area contributed by atoms with Crippen molar-refractivity contribution >= 4 is 23.3 Å².